The Balaban J connectivity index is 0.891. The van der Waals surface area contributed by atoms with Crippen molar-refractivity contribution < 1.29 is 0 Å². The van der Waals surface area contributed by atoms with Gasteiger partial charge in [0.15, 0.2) is 0 Å². The van der Waals surface area contributed by atoms with Crippen molar-refractivity contribution in [1.82, 2.24) is 4.57 Å². The molecule has 1 heterocycles. The van der Waals surface area contributed by atoms with Gasteiger partial charge in [0.1, 0.15) is 0 Å². The second kappa shape index (κ2) is 18.1. The topological polar surface area (TPSA) is 8.17 Å². The molecule has 0 amide bonds. The molecule has 2 nitrogen and oxygen atoms in total. The van der Waals surface area contributed by atoms with Gasteiger partial charge in [-0.3, -0.25) is 0 Å². The van der Waals surface area contributed by atoms with Gasteiger partial charge in [0.2, 0.25) is 0 Å². The minimum absolute atomic E-state index is 1.08. The van der Waals surface area contributed by atoms with Crippen molar-refractivity contribution in [3.05, 3.63) is 291 Å². The Morgan fingerprint density at radius 2 is 0.689 bits per heavy atom. The van der Waals surface area contributed by atoms with E-state index < -0.39 is 0 Å². The molecule has 0 radical (unpaired) electrons. The summed E-state index contributed by atoms with van der Waals surface area (Å²) in [4.78, 5) is 2.38. The summed E-state index contributed by atoms with van der Waals surface area (Å²) in [5.74, 6) is 0. The molecule has 0 saturated carbocycles. The third-order valence-electron chi connectivity index (χ3n) is 15.0. The maximum absolute atomic E-state index is 2.41. The zero-order valence-electron chi connectivity index (χ0n) is 40.6. The van der Waals surface area contributed by atoms with E-state index in [4.69, 9.17) is 0 Å². The van der Waals surface area contributed by atoms with E-state index in [1.54, 1.807) is 0 Å². The summed E-state index contributed by atoms with van der Waals surface area (Å²) in [5.41, 5.74) is 18.9. The van der Waals surface area contributed by atoms with Crippen LogP contribution in [-0.4, -0.2) is 4.57 Å². The molecule has 346 valence electrons. The van der Waals surface area contributed by atoms with Crippen LogP contribution in [0.25, 0.3) is 115 Å². The van der Waals surface area contributed by atoms with Crippen molar-refractivity contribution in [3.8, 4) is 61.3 Å². The molecule has 14 aromatic rings. The van der Waals surface area contributed by atoms with Crippen molar-refractivity contribution >= 4 is 71.2 Å². The van der Waals surface area contributed by atoms with Gasteiger partial charge in [-0.2, -0.15) is 0 Å². The maximum atomic E-state index is 2.41. The van der Waals surface area contributed by atoms with Crippen molar-refractivity contribution in [1.29, 1.82) is 0 Å². The predicted octanol–water partition coefficient (Wildman–Crippen LogP) is 20.0. The molecule has 13 aromatic carbocycles. The smallest absolute Gasteiger partial charge is 0.0547 e. The molecule has 0 bridgehead atoms. The molecule has 0 saturated heterocycles. The normalized spacial score (nSPS) is 11.5. The average molecular weight is 941 g/mol. The van der Waals surface area contributed by atoms with Crippen LogP contribution in [0.3, 0.4) is 0 Å². The van der Waals surface area contributed by atoms with Crippen molar-refractivity contribution in [2.45, 2.75) is 0 Å². The van der Waals surface area contributed by atoms with Crippen LogP contribution < -0.4 is 4.90 Å². The lowest BCUT2D eigenvalue weighted by Crippen LogP contribution is -2.09. The number of aromatic nitrogens is 1. The lowest BCUT2D eigenvalue weighted by atomic mass is 9.84. The van der Waals surface area contributed by atoms with Crippen LogP contribution >= 0.6 is 0 Å². The summed E-state index contributed by atoms with van der Waals surface area (Å²) < 4.78 is 2.39. The summed E-state index contributed by atoms with van der Waals surface area (Å²) in [6.45, 7) is 0. The molecule has 0 aliphatic heterocycles. The molecule has 0 spiro atoms. The molecule has 0 aliphatic rings. The fourth-order valence-electron chi connectivity index (χ4n) is 11.6. The van der Waals surface area contributed by atoms with Crippen LogP contribution in [0, 0.1) is 0 Å². The minimum Gasteiger partial charge on any atom is -0.311 e. The van der Waals surface area contributed by atoms with E-state index in [0.29, 0.717) is 0 Å². The number of fused-ring (bicyclic) bond motifs is 7. The Morgan fingerprint density at radius 1 is 0.243 bits per heavy atom. The van der Waals surface area contributed by atoms with Crippen LogP contribution in [-0.2, 0) is 0 Å². The van der Waals surface area contributed by atoms with Gasteiger partial charge >= 0.3 is 0 Å². The first-order valence-corrected chi connectivity index (χ1v) is 25.5. The van der Waals surface area contributed by atoms with E-state index in [1.165, 1.54) is 104 Å². The average Bonchev–Trinajstić information content (AvgIpc) is 3.82. The van der Waals surface area contributed by atoms with Gasteiger partial charge < -0.3 is 9.47 Å². The Labute approximate surface area is 430 Å². The predicted molar refractivity (Wildman–Crippen MR) is 315 cm³/mol. The van der Waals surface area contributed by atoms with Gasteiger partial charge in [-0.15, -0.1) is 0 Å². The summed E-state index contributed by atoms with van der Waals surface area (Å²) in [7, 11) is 0. The number of benzene rings is 13. The van der Waals surface area contributed by atoms with E-state index in [-0.39, 0.29) is 0 Å². The molecule has 2 heteroatoms. The number of nitrogens with zero attached hydrogens (tertiary/aromatic N) is 2. The van der Waals surface area contributed by atoms with Crippen LogP contribution in [0.1, 0.15) is 0 Å². The Bertz CT molecular complexity index is 4360. The molecule has 1 aromatic heterocycles. The van der Waals surface area contributed by atoms with E-state index in [9.17, 15) is 0 Å². The molecule has 0 fully saturated rings. The highest BCUT2D eigenvalue weighted by molar-refractivity contribution is 6.22. The van der Waals surface area contributed by atoms with Gasteiger partial charge in [-0.1, -0.05) is 224 Å². The first-order chi connectivity index (χ1) is 36.7. The van der Waals surface area contributed by atoms with E-state index in [2.05, 4.69) is 301 Å². The second-order valence-corrected chi connectivity index (χ2v) is 19.2. The molecular weight excluding hydrogens is 893 g/mol. The monoisotopic (exact) mass is 940 g/mol. The highest BCUT2D eigenvalue weighted by Gasteiger charge is 2.21. The third kappa shape index (κ3) is 7.35. The van der Waals surface area contributed by atoms with Gasteiger partial charge in [-0.25, -0.2) is 0 Å². The van der Waals surface area contributed by atoms with E-state index >= 15 is 0 Å². The molecule has 0 atom stereocenters. The first kappa shape index (κ1) is 43.1. The molecule has 74 heavy (non-hydrogen) atoms. The lowest BCUT2D eigenvalue weighted by molar-refractivity contribution is 1.18. The highest BCUT2D eigenvalue weighted by atomic mass is 15.1. The fraction of sp³-hybridized carbons (Fsp3) is 0. The van der Waals surface area contributed by atoms with Gasteiger partial charge in [0.25, 0.3) is 0 Å². The number of anilines is 3. The largest absolute Gasteiger partial charge is 0.311 e. The lowest BCUT2D eigenvalue weighted by Gasteiger charge is -2.26. The molecule has 0 aliphatic carbocycles. The number of rotatable bonds is 9. The minimum atomic E-state index is 1.08. The molecular formula is C72H48N2. The van der Waals surface area contributed by atoms with E-state index in [1.807, 2.05) is 0 Å². The maximum Gasteiger partial charge on any atom is 0.0547 e. The standard InChI is InChI=1S/C72H48N2/c1-4-19-53(20-5-1)70-65-28-13-12-27-63(65)64-47-40-55(48-67(64)71(70)54-21-6-2-7-22-54)49-34-41-57(42-35-49)73(58-43-36-51(37-44-58)61-30-16-23-50-18-10-11-26-60(50)61)59-45-38-52(39-46-59)62-31-17-33-69-72(62)66-29-14-15-32-68(66)74(69)56-24-8-3-9-25-56/h1-48H. The van der Waals surface area contributed by atoms with E-state index in [0.717, 1.165) is 28.3 Å². The highest BCUT2D eigenvalue weighted by Crippen LogP contribution is 2.47. The SMILES string of the molecule is c1ccc(-c2c(-c3ccccc3)c3cc(-c4ccc(N(c5ccc(-c6cccc7ccccc67)cc5)c5ccc(-c6cccc7c6c6ccccc6n7-c6ccccc6)cc5)cc4)ccc3c3ccccc23)cc1. The van der Waals surface area contributed by atoms with Crippen molar-refractivity contribution in [2.75, 3.05) is 4.90 Å². The Morgan fingerprint density at radius 3 is 1.35 bits per heavy atom. The number of hydrogen-bond acceptors (Lipinski definition) is 1. The third-order valence-corrected chi connectivity index (χ3v) is 15.0. The van der Waals surface area contributed by atoms with Crippen LogP contribution in [0.15, 0.2) is 291 Å². The van der Waals surface area contributed by atoms with Crippen molar-refractivity contribution in [3.63, 3.8) is 0 Å². The van der Waals surface area contributed by atoms with Crippen LogP contribution in [0.5, 0.6) is 0 Å². The van der Waals surface area contributed by atoms with Gasteiger partial charge in [-0.05, 0) is 155 Å². The molecule has 0 unspecified atom stereocenters. The van der Waals surface area contributed by atoms with Crippen molar-refractivity contribution in [2.24, 2.45) is 0 Å². The Kier molecular flexibility index (Phi) is 10.6. The second-order valence-electron chi connectivity index (χ2n) is 19.2. The first-order valence-electron chi connectivity index (χ1n) is 25.5. The quantitative estimate of drug-likeness (QED) is 0.131. The molecule has 14 rings (SSSR count). The summed E-state index contributed by atoms with van der Waals surface area (Å²) in [6.07, 6.45) is 0. The fourth-order valence-corrected chi connectivity index (χ4v) is 11.6. The Hall–Kier alpha value is -9.76. The summed E-state index contributed by atoms with van der Waals surface area (Å²) >= 11 is 0. The molecule has 0 N–H and O–H groups in total. The number of hydrogen-bond donors (Lipinski definition) is 0. The van der Waals surface area contributed by atoms with Crippen LogP contribution in [0.2, 0.25) is 0 Å². The zero-order chi connectivity index (χ0) is 49.0. The van der Waals surface area contributed by atoms with Crippen LogP contribution in [0.4, 0.5) is 17.1 Å². The van der Waals surface area contributed by atoms with Gasteiger partial charge in [0.05, 0.1) is 11.0 Å². The van der Waals surface area contributed by atoms with Gasteiger partial charge in [0, 0.05) is 33.5 Å². The summed E-state index contributed by atoms with van der Waals surface area (Å²) in [5, 5.41) is 9.99. The zero-order valence-corrected chi connectivity index (χ0v) is 40.6. The number of para-hydroxylation sites is 2. The summed E-state index contributed by atoms with van der Waals surface area (Å²) in [6, 6.07) is 106.